The Bertz CT molecular complexity index is 388. The van der Waals surface area contributed by atoms with E-state index in [1.54, 1.807) is 0 Å². The van der Waals surface area contributed by atoms with E-state index in [1.165, 1.54) is 0 Å². The monoisotopic (exact) mass is 232 g/mol. The van der Waals surface area contributed by atoms with Gasteiger partial charge in [-0.25, -0.2) is 4.98 Å². The maximum absolute atomic E-state index is 12.4. The first-order valence-electron chi connectivity index (χ1n) is 4.87. The van der Waals surface area contributed by atoms with Gasteiger partial charge in [-0.05, 0) is 25.0 Å². The molecular formula is C10H11F3N2O. The van der Waals surface area contributed by atoms with Crippen molar-refractivity contribution in [3.05, 3.63) is 23.9 Å². The standard InChI is InChI=1S/C10H11F3N2O/c11-10(12,13)7-1-4-14-8(5-7)15-9(6-16)2-3-9/h1,4-5,16H,2-3,6H2,(H,14,15). The lowest BCUT2D eigenvalue weighted by Crippen LogP contribution is -2.26. The fraction of sp³-hybridized carbons (Fsp3) is 0.500. The number of hydrogen-bond acceptors (Lipinski definition) is 3. The van der Waals surface area contributed by atoms with Crippen molar-refractivity contribution in [2.24, 2.45) is 0 Å². The van der Waals surface area contributed by atoms with E-state index < -0.39 is 17.3 Å². The molecule has 1 fully saturated rings. The van der Waals surface area contributed by atoms with Crippen LogP contribution < -0.4 is 5.32 Å². The van der Waals surface area contributed by atoms with Crippen LogP contribution in [0.3, 0.4) is 0 Å². The predicted molar refractivity (Wildman–Crippen MR) is 51.9 cm³/mol. The third-order valence-electron chi connectivity index (χ3n) is 2.64. The van der Waals surface area contributed by atoms with E-state index in [1.807, 2.05) is 0 Å². The molecule has 0 aliphatic heterocycles. The van der Waals surface area contributed by atoms with Gasteiger partial charge in [0.15, 0.2) is 0 Å². The van der Waals surface area contributed by atoms with Crippen LogP contribution >= 0.6 is 0 Å². The summed E-state index contributed by atoms with van der Waals surface area (Å²) in [6.45, 7) is -0.0923. The molecule has 1 aliphatic rings. The molecule has 0 spiro atoms. The van der Waals surface area contributed by atoms with E-state index in [0.29, 0.717) is 0 Å². The molecular weight excluding hydrogens is 221 g/mol. The van der Waals surface area contributed by atoms with Crippen LogP contribution in [0.25, 0.3) is 0 Å². The first kappa shape index (κ1) is 11.2. The first-order valence-corrected chi connectivity index (χ1v) is 4.87. The number of anilines is 1. The predicted octanol–water partition coefficient (Wildman–Crippen LogP) is 2.04. The van der Waals surface area contributed by atoms with Crippen LogP contribution in [0.2, 0.25) is 0 Å². The molecule has 0 amide bonds. The van der Waals surface area contributed by atoms with Crippen molar-refractivity contribution in [2.75, 3.05) is 11.9 Å². The fourth-order valence-electron chi connectivity index (χ4n) is 1.42. The number of hydrogen-bond donors (Lipinski definition) is 2. The van der Waals surface area contributed by atoms with E-state index in [9.17, 15) is 13.2 Å². The number of rotatable bonds is 3. The zero-order valence-corrected chi connectivity index (χ0v) is 8.38. The van der Waals surface area contributed by atoms with Crippen molar-refractivity contribution in [3.63, 3.8) is 0 Å². The average molecular weight is 232 g/mol. The van der Waals surface area contributed by atoms with E-state index in [2.05, 4.69) is 10.3 Å². The number of halogens is 3. The topological polar surface area (TPSA) is 45.1 Å². The van der Waals surface area contributed by atoms with Gasteiger partial charge in [0.05, 0.1) is 17.7 Å². The smallest absolute Gasteiger partial charge is 0.394 e. The van der Waals surface area contributed by atoms with E-state index in [0.717, 1.165) is 31.2 Å². The van der Waals surface area contributed by atoms with Crippen molar-refractivity contribution in [1.29, 1.82) is 0 Å². The van der Waals surface area contributed by atoms with Crippen molar-refractivity contribution in [1.82, 2.24) is 4.98 Å². The summed E-state index contributed by atoms with van der Waals surface area (Å²) in [5.74, 6) is 0.154. The van der Waals surface area contributed by atoms with Gasteiger partial charge in [-0.1, -0.05) is 0 Å². The van der Waals surface area contributed by atoms with E-state index in [-0.39, 0.29) is 12.4 Å². The highest BCUT2D eigenvalue weighted by molar-refractivity contribution is 5.43. The lowest BCUT2D eigenvalue weighted by molar-refractivity contribution is -0.137. The Morgan fingerprint density at radius 3 is 2.62 bits per heavy atom. The zero-order chi connectivity index (χ0) is 11.8. The summed E-state index contributed by atoms with van der Waals surface area (Å²) in [6.07, 6.45) is -1.75. The van der Waals surface area contributed by atoms with Crippen LogP contribution in [0.4, 0.5) is 19.0 Å². The Kier molecular flexibility index (Phi) is 2.53. The summed E-state index contributed by atoms with van der Waals surface area (Å²) in [4.78, 5) is 3.80. The van der Waals surface area contributed by atoms with Gasteiger partial charge in [-0.2, -0.15) is 13.2 Å². The van der Waals surface area contributed by atoms with Crippen molar-refractivity contribution < 1.29 is 18.3 Å². The third kappa shape index (κ3) is 2.27. The summed E-state index contributed by atoms with van der Waals surface area (Å²) in [7, 11) is 0. The van der Waals surface area contributed by atoms with Gasteiger partial charge in [0.2, 0.25) is 0 Å². The molecule has 0 atom stereocenters. The van der Waals surface area contributed by atoms with Crippen LogP contribution in [-0.2, 0) is 6.18 Å². The summed E-state index contributed by atoms with van der Waals surface area (Å²) in [5.41, 5.74) is -1.20. The second-order valence-corrected chi connectivity index (χ2v) is 3.99. The van der Waals surface area contributed by atoms with Gasteiger partial charge in [0, 0.05) is 6.20 Å². The van der Waals surface area contributed by atoms with Gasteiger partial charge in [0.25, 0.3) is 0 Å². The number of nitrogens with one attached hydrogen (secondary N) is 1. The van der Waals surface area contributed by atoms with Crippen LogP contribution in [0.1, 0.15) is 18.4 Å². The largest absolute Gasteiger partial charge is 0.416 e. The van der Waals surface area contributed by atoms with Crippen LogP contribution in [-0.4, -0.2) is 22.2 Å². The molecule has 1 aromatic rings. The first-order chi connectivity index (χ1) is 7.45. The Morgan fingerprint density at radius 1 is 1.44 bits per heavy atom. The van der Waals surface area contributed by atoms with Gasteiger partial charge in [0.1, 0.15) is 5.82 Å². The highest BCUT2D eigenvalue weighted by Gasteiger charge is 2.42. The fourth-order valence-corrected chi connectivity index (χ4v) is 1.42. The highest BCUT2D eigenvalue weighted by atomic mass is 19.4. The summed E-state index contributed by atoms with van der Waals surface area (Å²) in [6, 6.07) is 1.87. The average Bonchev–Trinajstić information content (AvgIpc) is 2.98. The molecule has 1 aromatic heterocycles. The Labute approximate surface area is 90.3 Å². The number of alkyl halides is 3. The Hall–Kier alpha value is -1.30. The minimum atomic E-state index is -4.37. The van der Waals surface area contributed by atoms with E-state index >= 15 is 0 Å². The van der Waals surface area contributed by atoms with Gasteiger partial charge in [-0.3, -0.25) is 0 Å². The Balaban J connectivity index is 2.17. The second kappa shape index (κ2) is 3.62. The van der Waals surface area contributed by atoms with Crippen LogP contribution in [0.15, 0.2) is 18.3 Å². The minimum Gasteiger partial charge on any atom is -0.394 e. The summed E-state index contributed by atoms with van der Waals surface area (Å²) in [5, 5.41) is 11.9. The lowest BCUT2D eigenvalue weighted by Gasteiger charge is -2.16. The van der Waals surface area contributed by atoms with Gasteiger partial charge >= 0.3 is 6.18 Å². The molecule has 0 saturated heterocycles. The molecule has 88 valence electrons. The third-order valence-corrected chi connectivity index (χ3v) is 2.64. The number of nitrogens with zero attached hydrogens (tertiary/aromatic N) is 1. The lowest BCUT2D eigenvalue weighted by atomic mass is 10.2. The van der Waals surface area contributed by atoms with Crippen LogP contribution in [0, 0.1) is 0 Å². The zero-order valence-electron chi connectivity index (χ0n) is 8.38. The number of aromatic nitrogens is 1. The van der Waals surface area contributed by atoms with Gasteiger partial charge < -0.3 is 10.4 Å². The SMILES string of the molecule is OCC1(Nc2cc(C(F)(F)F)ccn2)CC1. The summed E-state index contributed by atoms with van der Waals surface area (Å²) >= 11 is 0. The normalized spacial score (nSPS) is 18.2. The van der Waals surface area contributed by atoms with Crippen LogP contribution in [0.5, 0.6) is 0 Å². The minimum absolute atomic E-state index is 0.0923. The number of aliphatic hydroxyl groups is 1. The van der Waals surface area contributed by atoms with Crippen molar-refractivity contribution in [2.45, 2.75) is 24.6 Å². The molecule has 3 nitrogen and oxygen atoms in total. The molecule has 2 rings (SSSR count). The quantitative estimate of drug-likeness (QED) is 0.838. The second-order valence-electron chi connectivity index (χ2n) is 3.99. The highest BCUT2D eigenvalue weighted by Crippen LogP contribution is 2.38. The van der Waals surface area contributed by atoms with Gasteiger partial charge in [-0.15, -0.1) is 0 Å². The molecule has 0 aromatic carbocycles. The number of pyridine rings is 1. The maximum Gasteiger partial charge on any atom is 0.416 e. The molecule has 1 heterocycles. The summed E-state index contributed by atoms with van der Waals surface area (Å²) < 4.78 is 37.2. The molecule has 6 heteroatoms. The molecule has 16 heavy (non-hydrogen) atoms. The van der Waals surface area contributed by atoms with E-state index in [4.69, 9.17) is 5.11 Å². The van der Waals surface area contributed by atoms with Crippen molar-refractivity contribution >= 4 is 5.82 Å². The maximum atomic E-state index is 12.4. The molecule has 2 N–H and O–H groups in total. The molecule has 0 unspecified atom stereocenters. The molecule has 0 radical (unpaired) electrons. The Morgan fingerprint density at radius 2 is 2.12 bits per heavy atom. The molecule has 1 aliphatic carbocycles. The molecule has 1 saturated carbocycles. The number of aliphatic hydroxyl groups excluding tert-OH is 1. The van der Waals surface area contributed by atoms with Crippen molar-refractivity contribution in [3.8, 4) is 0 Å². The molecule has 0 bridgehead atoms.